The molecular weight excluding hydrogens is 302 g/mol. The minimum absolute atomic E-state index is 0.0687. The van der Waals surface area contributed by atoms with Gasteiger partial charge in [0.15, 0.2) is 0 Å². The third-order valence-corrected chi connectivity index (χ3v) is 5.63. The second-order valence-electron chi connectivity index (χ2n) is 7.35. The van der Waals surface area contributed by atoms with Gasteiger partial charge in [-0.1, -0.05) is 30.3 Å². The molecule has 0 radical (unpaired) electrons. The van der Waals surface area contributed by atoms with Crippen molar-refractivity contribution in [3.05, 3.63) is 35.9 Å². The zero-order valence-corrected chi connectivity index (χ0v) is 14.1. The molecule has 1 aromatic rings. The number of urea groups is 1. The number of fused-ring (bicyclic) bond motifs is 1. The Morgan fingerprint density at radius 1 is 1.21 bits per heavy atom. The minimum Gasteiger partial charge on any atom is -0.373 e. The van der Waals surface area contributed by atoms with E-state index < -0.39 is 0 Å². The van der Waals surface area contributed by atoms with Crippen LogP contribution in [0.3, 0.4) is 0 Å². The molecule has 5 heteroatoms. The van der Waals surface area contributed by atoms with Crippen LogP contribution in [0.25, 0.3) is 0 Å². The molecule has 130 valence electrons. The highest BCUT2D eigenvalue weighted by atomic mass is 16.5. The monoisotopic (exact) mass is 329 g/mol. The number of benzene rings is 1. The zero-order chi connectivity index (χ0) is 16.4. The Kier molecular flexibility index (Phi) is 4.72. The van der Waals surface area contributed by atoms with E-state index in [1.807, 2.05) is 6.07 Å². The maximum absolute atomic E-state index is 12.0. The molecule has 2 N–H and O–H groups in total. The fourth-order valence-corrected chi connectivity index (χ4v) is 4.08. The van der Waals surface area contributed by atoms with Gasteiger partial charge in [-0.25, -0.2) is 4.79 Å². The number of carbonyl (C=O) groups excluding carboxylic acids is 1. The third-order valence-electron chi connectivity index (χ3n) is 5.63. The molecule has 0 aromatic heterocycles. The molecule has 0 spiro atoms. The summed E-state index contributed by atoms with van der Waals surface area (Å²) in [6.07, 6.45) is 3.83. The van der Waals surface area contributed by atoms with Crippen LogP contribution in [-0.2, 0) is 4.74 Å². The largest absolute Gasteiger partial charge is 0.373 e. The summed E-state index contributed by atoms with van der Waals surface area (Å²) in [7, 11) is 0. The summed E-state index contributed by atoms with van der Waals surface area (Å²) >= 11 is 0. The molecule has 1 aromatic carbocycles. The third kappa shape index (κ3) is 3.73. The second-order valence-corrected chi connectivity index (χ2v) is 7.35. The van der Waals surface area contributed by atoms with Gasteiger partial charge in [-0.15, -0.1) is 0 Å². The molecule has 4 atom stereocenters. The van der Waals surface area contributed by atoms with E-state index in [0.29, 0.717) is 24.4 Å². The average Bonchev–Trinajstić information content (AvgIpc) is 3.26. The van der Waals surface area contributed by atoms with Crippen molar-refractivity contribution in [1.82, 2.24) is 15.5 Å². The Hall–Kier alpha value is -1.59. The van der Waals surface area contributed by atoms with Gasteiger partial charge in [-0.3, -0.25) is 4.90 Å². The first-order chi connectivity index (χ1) is 11.8. The van der Waals surface area contributed by atoms with Gasteiger partial charge in [0, 0.05) is 25.7 Å². The van der Waals surface area contributed by atoms with Gasteiger partial charge >= 0.3 is 6.03 Å². The van der Waals surface area contributed by atoms with E-state index in [1.165, 1.54) is 31.4 Å². The van der Waals surface area contributed by atoms with Crippen LogP contribution in [0.15, 0.2) is 30.3 Å². The first kappa shape index (κ1) is 15.9. The number of amides is 2. The van der Waals surface area contributed by atoms with E-state index in [1.54, 1.807) is 0 Å². The number of hydrogen-bond donors (Lipinski definition) is 2. The van der Waals surface area contributed by atoms with E-state index in [0.717, 1.165) is 19.7 Å². The van der Waals surface area contributed by atoms with Crippen LogP contribution < -0.4 is 10.6 Å². The van der Waals surface area contributed by atoms with Gasteiger partial charge in [0.2, 0.25) is 0 Å². The lowest BCUT2D eigenvalue weighted by atomic mass is 10.1. The van der Waals surface area contributed by atoms with Crippen molar-refractivity contribution >= 4 is 6.03 Å². The maximum Gasteiger partial charge on any atom is 0.314 e. The van der Waals surface area contributed by atoms with Crippen LogP contribution in [0.1, 0.15) is 30.7 Å². The van der Waals surface area contributed by atoms with Crippen molar-refractivity contribution in [3.63, 3.8) is 0 Å². The fourth-order valence-electron chi connectivity index (χ4n) is 4.08. The molecule has 1 aliphatic carbocycles. The van der Waals surface area contributed by atoms with Crippen LogP contribution >= 0.6 is 0 Å². The van der Waals surface area contributed by atoms with Gasteiger partial charge in [-0.05, 0) is 43.2 Å². The number of hydrogen-bond acceptors (Lipinski definition) is 3. The molecule has 3 aliphatic rings. The number of rotatable bonds is 5. The molecule has 3 fully saturated rings. The Bertz CT molecular complexity index is 565. The van der Waals surface area contributed by atoms with Crippen molar-refractivity contribution in [1.29, 1.82) is 0 Å². The average molecular weight is 329 g/mol. The van der Waals surface area contributed by atoms with E-state index in [9.17, 15) is 4.79 Å². The number of morpholine rings is 1. The minimum atomic E-state index is -0.0687. The topological polar surface area (TPSA) is 53.6 Å². The number of nitrogens with zero attached hydrogens (tertiary/aromatic N) is 1. The predicted molar refractivity (Wildman–Crippen MR) is 93.0 cm³/mol. The lowest BCUT2D eigenvalue weighted by Crippen LogP contribution is -2.51. The molecule has 0 bridgehead atoms. The van der Waals surface area contributed by atoms with Crippen LogP contribution in [0.2, 0.25) is 0 Å². The molecule has 2 heterocycles. The van der Waals surface area contributed by atoms with Crippen molar-refractivity contribution in [2.24, 2.45) is 5.92 Å². The Morgan fingerprint density at radius 2 is 2.04 bits per heavy atom. The van der Waals surface area contributed by atoms with Crippen molar-refractivity contribution in [2.45, 2.75) is 37.3 Å². The van der Waals surface area contributed by atoms with Crippen LogP contribution in [0.4, 0.5) is 4.79 Å². The molecule has 1 saturated carbocycles. The predicted octanol–water partition coefficient (Wildman–Crippen LogP) is 1.95. The summed E-state index contributed by atoms with van der Waals surface area (Å²) in [5, 5.41) is 5.98. The summed E-state index contributed by atoms with van der Waals surface area (Å²) in [5.41, 5.74) is 1.39. The molecule has 2 amide bonds. The van der Waals surface area contributed by atoms with Crippen molar-refractivity contribution in [2.75, 3.05) is 32.8 Å². The molecule has 5 nitrogen and oxygen atoms in total. The maximum atomic E-state index is 12.0. The van der Waals surface area contributed by atoms with Gasteiger partial charge in [-0.2, -0.15) is 0 Å². The van der Waals surface area contributed by atoms with E-state index in [2.05, 4.69) is 39.8 Å². The smallest absolute Gasteiger partial charge is 0.314 e. The van der Waals surface area contributed by atoms with E-state index >= 15 is 0 Å². The standard InChI is InChI=1S/C19H27N3O2/c23-19(20-10-15-9-18(15)14-5-2-1-3-6-14)21-11-17-12-22-8-4-7-16(22)13-24-17/h1-3,5-6,15-18H,4,7-13H2,(H2,20,21,23)/t15-,16-,17-,18-/m1/s1. The molecule has 24 heavy (non-hydrogen) atoms. The van der Waals surface area contributed by atoms with E-state index in [-0.39, 0.29) is 12.1 Å². The molecule has 0 unspecified atom stereocenters. The van der Waals surface area contributed by atoms with E-state index in [4.69, 9.17) is 4.74 Å². The molecule has 2 saturated heterocycles. The van der Waals surface area contributed by atoms with Crippen molar-refractivity contribution in [3.8, 4) is 0 Å². The number of ether oxygens (including phenoxy) is 1. The van der Waals surface area contributed by atoms with Gasteiger partial charge < -0.3 is 15.4 Å². The second kappa shape index (κ2) is 7.11. The Balaban J connectivity index is 1.13. The summed E-state index contributed by atoms with van der Waals surface area (Å²) < 4.78 is 5.87. The van der Waals surface area contributed by atoms with Gasteiger partial charge in [0.05, 0.1) is 12.7 Å². The highest BCUT2D eigenvalue weighted by Crippen LogP contribution is 2.46. The highest BCUT2D eigenvalue weighted by Gasteiger charge is 2.38. The lowest BCUT2D eigenvalue weighted by Gasteiger charge is -2.35. The van der Waals surface area contributed by atoms with Crippen LogP contribution in [0, 0.1) is 5.92 Å². The Labute approximate surface area is 143 Å². The van der Waals surface area contributed by atoms with Crippen LogP contribution in [0.5, 0.6) is 0 Å². The summed E-state index contributed by atoms with van der Waals surface area (Å²) in [4.78, 5) is 14.5. The molecular formula is C19H27N3O2. The normalized spacial score (nSPS) is 32.2. The van der Waals surface area contributed by atoms with Crippen LogP contribution in [-0.4, -0.2) is 55.9 Å². The van der Waals surface area contributed by atoms with Gasteiger partial charge in [0.25, 0.3) is 0 Å². The first-order valence-electron chi connectivity index (χ1n) is 9.22. The fraction of sp³-hybridized carbons (Fsp3) is 0.632. The molecule has 4 rings (SSSR count). The summed E-state index contributed by atoms with van der Waals surface area (Å²) in [5.74, 6) is 1.19. The summed E-state index contributed by atoms with van der Waals surface area (Å²) in [6.45, 7) is 4.30. The first-order valence-corrected chi connectivity index (χ1v) is 9.22. The number of nitrogens with one attached hydrogen (secondary N) is 2. The zero-order valence-electron chi connectivity index (χ0n) is 14.1. The molecule has 2 aliphatic heterocycles. The number of carbonyl (C=O) groups is 1. The highest BCUT2D eigenvalue weighted by molar-refractivity contribution is 5.73. The Morgan fingerprint density at radius 3 is 2.92 bits per heavy atom. The summed E-state index contributed by atoms with van der Waals surface area (Å²) in [6, 6.07) is 11.1. The van der Waals surface area contributed by atoms with Gasteiger partial charge in [0.1, 0.15) is 0 Å². The lowest BCUT2D eigenvalue weighted by molar-refractivity contribution is -0.0457. The van der Waals surface area contributed by atoms with Crippen molar-refractivity contribution < 1.29 is 9.53 Å². The SMILES string of the molecule is O=C(NC[C@@H]1CN2CCC[C@@H]2CO1)NC[C@H]1C[C@@H]1c1ccccc1. The quantitative estimate of drug-likeness (QED) is 0.868.